The fourth-order valence-corrected chi connectivity index (χ4v) is 2.54. The Bertz CT molecular complexity index is 591. The van der Waals surface area contributed by atoms with Crippen molar-refractivity contribution < 1.29 is 14.7 Å². The zero-order chi connectivity index (χ0) is 15.4. The standard InChI is InChI=1S/C16H18N2O3/c1-3-9-17(4-2)16(21)18-11-13(15(19)20)10-12-7-5-6-8-14(12)18/h1,5-8,13H,4,9-11H2,2H3,(H,19,20). The number of para-hydroxylation sites is 1. The van der Waals surface area contributed by atoms with E-state index in [1.807, 2.05) is 31.2 Å². The molecule has 0 radical (unpaired) electrons. The van der Waals surface area contributed by atoms with Crippen molar-refractivity contribution >= 4 is 17.7 Å². The Morgan fingerprint density at radius 2 is 2.19 bits per heavy atom. The van der Waals surface area contributed by atoms with Gasteiger partial charge in [-0.2, -0.15) is 0 Å². The highest BCUT2D eigenvalue weighted by molar-refractivity contribution is 5.94. The fraction of sp³-hybridized carbons (Fsp3) is 0.375. The number of carbonyl (C=O) groups is 2. The number of carboxylic acids is 1. The number of nitrogens with zero attached hydrogens (tertiary/aromatic N) is 2. The van der Waals surface area contributed by atoms with Crippen LogP contribution in [-0.2, 0) is 11.2 Å². The van der Waals surface area contributed by atoms with Crippen molar-refractivity contribution in [3.63, 3.8) is 0 Å². The van der Waals surface area contributed by atoms with E-state index in [4.69, 9.17) is 6.42 Å². The van der Waals surface area contributed by atoms with Gasteiger partial charge in [0.15, 0.2) is 0 Å². The van der Waals surface area contributed by atoms with E-state index in [9.17, 15) is 14.7 Å². The van der Waals surface area contributed by atoms with E-state index in [1.165, 1.54) is 9.80 Å². The Labute approximate surface area is 124 Å². The van der Waals surface area contributed by atoms with Crippen LogP contribution in [0.25, 0.3) is 0 Å². The van der Waals surface area contributed by atoms with Crippen LogP contribution >= 0.6 is 0 Å². The molecular weight excluding hydrogens is 268 g/mol. The van der Waals surface area contributed by atoms with Crippen molar-refractivity contribution in [3.05, 3.63) is 29.8 Å². The van der Waals surface area contributed by atoms with Gasteiger partial charge in [-0.25, -0.2) is 4.79 Å². The second kappa shape index (κ2) is 6.31. The predicted molar refractivity (Wildman–Crippen MR) is 80.1 cm³/mol. The summed E-state index contributed by atoms with van der Waals surface area (Å²) in [4.78, 5) is 27.0. The molecule has 1 aromatic carbocycles. The van der Waals surface area contributed by atoms with E-state index in [2.05, 4.69) is 5.92 Å². The number of fused-ring (bicyclic) bond motifs is 1. The highest BCUT2D eigenvalue weighted by Gasteiger charge is 2.33. The Balaban J connectivity index is 2.35. The van der Waals surface area contributed by atoms with E-state index >= 15 is 0 Å². The average Bonchev–Trinajstić information content (AvgIpc) is 2.50. The molecule has 0 aliphatic carbocycles. The lowest BCUT2D eigenvalue weighted by Gasteiger charge is -2.35. The third-order valence-corrected chi connectivity index (χ3v) is 3.67. The summed E-state index contributed by atoms with van der Waals surface area (Å²) in [6, 6.07) is 7.16. The molecule has 1 aliphatic rings. The van der Waals surface area contributed by atoms with Crippen molar-refractivity contribution in [2.24, 2.45) is 5.92 Å². The summed E-state index contributed by atoms with van der Waals surface area (Å²) < 4.78 is 0. The molecular formula is C16H18N2O3. The fourth-order valence-electron chi connectivity index (χ4n) is 2.54. The second-order valence-electron chi connectivity index (χ2n) is 4.98. The maximum atomic E-state index is 12.6. The summed E-state index contributed by atoms with van der Waals surface area (Å²) in [6.07, 6.45) is 5.73. The van der Waals surface area contributed by atoms with Gasteiger partial charge in [0, 0.05) is 18.8 Å². The number of terminal acetylenes is 1. The van der Waals surface area contributed by atoms with Crippen molar-refractivity contribution in [2.45, 2.75) is 13.3 Å². The monoisotopic (exact) mass is 286 g/mol. The van der Waals surface area contributed by atoms with Crippen LogP contribution in [0.15, 0.2) is 24.3 Å². The third kappa shape index (κ3) is 3.00. The molecule has 0 saturated heterocycles. The first kappa shape index (κ1) is 14.9. The van der Waals surface area contributed by atoms with Gasteiger partial charge in [-0.1, -0.05) is 24.1 Å². The molecule has 0 spiro atoms. The van der Waals surface area contributed by atoms with Crippen LogP contribution in [0.1, 0.15) is 12.5 Å². The third-order valence-electron chi connectivity index (χ3n) is 3.67. The first-order valence-electron chi connectivity index (χ1n) is 6.89. The number of aliphatic carboxylic acids is 1. The number of hydrogen-bond acceptors (Lipinski definition) is 2. The van der Waals surface area contributed by atoms with Crippen LogP contribution in [0, 0.1) is 18.3 Å². The Morgan fingerprint density at radius 1 is 1.48 bits per heavy atom. The number of carboxylic acid groups (broad SMARTS) is 1. The first-order valence-corrected chi connectivity index (χ1v) is 6.89. The van der Waals surface area contributed by atoms with Gasteiger partial charge < -0.3 is 10.0 Å². The minimum atomic E-state index is -0.887. The normalized spacial score (nSPS) is 16.8. The molecule has 1 aliphatic heterocycles. The maximum Gasteiger partial charge on any atom is 0.325 e. The quantitative estimate of drug-likeness (QED) is 0.862. The van der Waals surface area contributed by atoms with Crippen molar-refractivity contribution in [3.8, 4) is 12.3 Å². The van der Waals surface area contributed by atoms with Crippen LogP contribution in [-0.4, -0.2) is 41.6 Å². The number of urea groups is 1. The summed E-state index contributed by atoms with van der Waals surface area (Å²) >= 11 is 0. The largest absolute Gasteiger partial charge is 0.481 e. The molecule has 21 heavy (non-hydrogen) atoms. The average molecular weight is 286 g/mol. The second-order valence-corrected chi connectivity index (χ2v) is 4.98. The van der Waals surface area contributed by atoms with Gasteiger partial charge >= 0.3 is 12.0 Å². The van der Waals surface area contributed by atoms with Crippen LogP contribution in [0.2, 0.25) is 0 Å². The minimum absolute atomic E-state index is 0.173. The SMILES string of the molecule is C#CCN(CC)C(=O)N1CC(C(=O)O)Cc2ccccc21. The molecule has 1 aromatic rings. The molecule has 1 N–H and O–H groups in total. The van der Waals surface area contributed by atoms with Gasteiger partial charge in [0.2, 0.25) is 0 Å². The van der Waals surface area contributed by atoms with E-state index in [0.29, 0.717) is 13.0 Å². The predicted octanol–water partition coefficient (Wildman–Crippen LogP) is 1.82. The molecule has 2 amide bonds. The topological polar surface area (TPSA) is 60.9 Å². The summed E-state index contributed by atoms with van der Waals surface area (Å²) in [6.45, 7) is 2.72. The lowest BCUT2D eigenvalue weighted by molar-refractivity contribution is -0.141. The van der Waals surface area contributed by atoms with E-state index < -0.39 is 11.9 Å². The number of anilines is 1. The summed E-state index contributed by atoms with van der Waals surface area (Å²) in [5.41, 5.74) is 1.65. The Morgan fingerprint density at radius 3 is 2.81 bits per heavy atom. The Hall–Kier alpha value is -2.48. The van der Waals surface area contributed by atoms with Gasteiger partial charge in [0.05, 0.1) is 12.5 Å². The lowest BCUT2D eigenvalue weighted by Crippen LogP contribution is -2.49. The molecule has 0 bridgehead atoms. The van der Waals surface area contributed by atoms with Crippen LogP contribution in [0.5, 0.6) is 0 Å². The molecule has 0 saturated carbocycles. The summed E-state index contributed by atoms with van der Waals surface area (Å²) in [5, 5.41) is 9.28. The van der Waals surface area contributed by atoms with Gasteiger partial charge in [-0.05, 0) is 25.0 Å². The van der Waals surface area contributed by atoms with Crippen molar-refractivity contribution in [2.75, 3.05) is 24.5 Å². The van der Waals surface area contributed by atoms with E-state index in [-0.39, 0.29) is 19.1 Å². The van der Waals surface area contributed by atoms with Crippen LogP contribution < -0.4 is 4.90 Å². The van der Waals surface area contributed by atoms with Gasteiger partial charge in [-0.15, -0.1) is 6.42 Å². The van der Waals surface area contributed by atoms with E-state index in [0.717, 1.165) is 11.3 Å². The first-order chi connectivity index (χ1) is 10.1. The summed E-state index contributed by atoms with van der Waals surface area (Å²) in [5.74, 6) is 0.983. The number of carbonyl (C=O) groups excluding carboxylic acids is 1. The molecule has 0 aromatic heterocycles. The zero-order valence-electron chi connectivity index (χ0n) is 12.0. The van der Waals surface area contributed by atoms with Crippen molar-refractivity contribution in [1.82, 2.24) is 4.90 Å². The zero-order valence-corrected chi connectivity index (χ0v) is 12.0. The molecule has 1 heterocycles. The molecule has 5 nitrogen and oxygen atoms in total. The summed E-state index contributed by atoms with van der Waals surface area (Å²) in [7, 11) is 0. The molecule has 1 unspecified atom stereocenters. The van der Waals surface area contributed by atoms with Crippen LogP contribution in [0.4, 0.5) is 10.5 Å². The molecule has 0 fully saturated rings. The molecule has 110 valence electrons. The van der Waals surface area contributed by atoms with Gasteiger partial charge in [0.1, 0.15) is 0 Å². The highest BCUT2D eigenvalue weighted by atomic mass is 16.4. The minimum Gasteiger partial charge on any atom is -0.481 e. The number of rotatable bonds is 3. The number of amides is 2. The number of benzene rings is 1. The lowest BCUT2D eigenvalue weighted by atomic mass is 9.93. The Kier molecular flexibility index (Phi) is 4.49. The molecule has 5 heteroatoms. The van der Waals surface area contributed by atoms with E-state index in [1.54, 1.807) is 0 Å². The van der Waals surface area contributed by atoms with Gasteiger partial charge in [0.25, 0.3) is 0 Å². The maximum absolute atomic E-state index is 12.6. The molecule has 2 rings (SSSR count). The van der Waals surface area contributed by atoms with Crippen LogP contribution in [0.3, 0.4) is 0 Å². The number of hydrogen-bond donors (Lipinski definition) is 1. The van der Waals surface area contributed by atoms with Gasteiger partial charge in [-0.3, -0.25) is 9.69 Å². The molecule has 1 atom stereocenters. The van der Waals surface area contributed by atoms with Crippen molar-refractivity contribution in [1.29, 1.82) is 0 Å². The highest BCUT2D eigenvalue weighted by Crippen LogP contribution is 2.30. The smallest absolute Gasteiger partial charge is 0.325 e.